The van der Waals surface area contributed by atoms with Crippen molar-refractivity contribution in [2.75, 3.05) is 12.3 Å². The summed E-state index contributed by atoms with van der Waals surface area (Å²) in [7, 11) is 0. The Kier molecular flexibility index (Phi) is 4.59. The molecule has 2 heterocycles. The van der Waals surface area contributed by atoms with Gasteiger partial charge >= 0.3 is 5.69 Å². The van der Waals surface area contributed by atoms with E-state index in [1.54, 1.807) is 12.3 Å². The number of allylic oxidation sites excluding steroid dienone is 1. The second-order valence-electron chi connectivity index (χ2n) is 4.65. The second kappa shape index (κ2) is 6.40. The molecule has 0 spiro atoms. The number of nitrogen functional groups attached to an aromatic ring is 1. The quantitative estimate of drug-likeness (QED) is 0.352. The lowest BCUT2D eigenvalue weighted by Gasteiger charge is -2.16. The highest BCUT2D eigenvalue weighted by Crippen LogP contribution is 2.30. The largest absolute Gasteiger partial charge is 0.394 e. The Morgan fingerprint density at radius 2 is 2.52 bits per heavy atom. The third kappa shape index (κ3) is 3.05. The fourth-order valence-corrected chi connectivity index (χ4v) is 2.28. The van der Waals surface area contributed by atoms with Crippen LogP contribution in [0.5, 0.6) is 0 Å². The van der Waals surface area contributed by atoms with Crippen LogP contribution in [0.15, 0.2) is 28.8 Å². The number of azide groups is 1. The smallest absolute Gasteiger partial charge is 0.351 e. The standard InChI is InChI=1S/C12H16N6O3/c1-2-3-7-5-18(12(20)15-11(7)13)10-4-8(16-17-14)9(6-19)21-10/h2,5,8-10,19H,1,3-4,6H2,(H2,13,15,20)/t8-,9-,10-/m1/s1. The second-order valence-corrected chi connectivity index (χ2v) is 4.65. The Balaban J connectivity index is 2.34. The normalized spacial score (nSPS) is 24.5. The molecule has 1 aliphatic heterocycles. The van der Waals surface area contributed by atoms with Crippen molar-refractivity contribution >= 4 is 5.82 Å². The highest BCUT2D eigenvalue weighted by Gasteiger charge is 2.35. The lowest BCUT2D eigenvalue weighted by molar-refractivity contribution is -0.0270. The zero-order valence-corrected chi connectivity index (χ0v) is 11.3. The van der Waals surface area contributed by atoms with E-state index in [0.29, 0.717) is 12.0 Å². The first-order valence-corrected chi connectivity index (χ1v) is 6.39. The zero-order valence-electron chi connectivity index (χ0n) is 11.3. The van der Waals surface area contributed by atoms with E-state index < -0.39 is 24.1 Å². The van der Waals surface area contributed by atoms with Crippen molar-refractivity contribution in [3.05, 3.63) is 45.3 Å². The van der Waals surface area contributed by atoms with E-state index in [1.807, 2.05) is 0 Å². The van der Waals surface area contributed by atoms with Crippen LogP contribution >= 0.6 is 0 Å². The van der Waals surface area contributed by atoms with E-state index in [9.17, 15) is 9.90 Å². The molecule has 1 aliphatic rings. The summed E-state index contributed by atoms with van der Waals surface area (Å²) in [6, 6.07) is -0.530. The van der Waals surface area contributed by atoms with Crippen molar-refractivity contribution < 1.29 is 9.84 Å². The molecule has 21 heavy (non-hydrogen) atoms. The molecule has 1 aromatic heterocycles. The summed E-state index contributed by atoms with van der Waals surface area (Å²) in [6.45, 7) is 3.32. The maximum absolute atomic E-state index is 11.9. The van der Waals surface area contributed by atoms with Crippen molar-refractivity contribution in [1.29, 1.82) is 0 Å². The maximum Gasteiger partial charge on any atom is 0.351 e. The number of anilines is 1. The van der Waals surface area contributed by atoms with Gasteiger partial charge in [0.2, 0.25) is 0 Å². The van der Waals surface area contributed by atoms with Crippen LogP contribution in [0.1, 0.15) is 18.2 Å². The van der Waals surface area contributed by atoms with E-state index in [2.05, 4.69) is 21.6 Å². The minimum absolute atomic E-state index is 0.152. The van der Waals surface area contributed by atoms with Gasteiger partial charge in [-0.05, 0) is 12.0 Å². The third-order valence-electron chi connectivity index (χ3n) is 3.32. The molecule has 0 radical (unpaired) electrons. The van der Waals surface area contributed by atoms with Crippen molar-refractivity contribution in [3.8, 4) is 0 Å². The lowest BCUT2D eigenvalue weighted by Crippen LogP contribution is -2.29. The molecule has 1 saturated heterocycles. The Morgan fingerprint density at radius 3 is 3.14 bits per heavy atom. The molecule has 0 amide bonds. The van der Waals surface area contributed by atoms with Crippen molar-refractivity contribution in [2.45, 2.75) is 31.2 Å². The van der Waals surface area contributed by atoms with Crippen molar-refractivity contribution in [3.63, 3.8) is 0 Å². The highest BCUT2D eigenvalue weighted by atomic mass is 16.5. The van der Waals surface area contributed by atoms with Gasteiger partial charge < -0.3 is 15.6 Å². The number of rotatable bonds is 5. The summed E-state index contributed by atoms with van der Waals surface area (Å²) in [5, 5.41) is 12.8. The van der Waals surface area contributed by atoms with Crippen molar-refractivity contribution in [2.24, 2.45) is 5.11 Å². The first kappa shape index (κ1) is 15.0. The maximum atomic E-state index is 11.9. The highest BCUT2D eigenvalue weighted by molar-refractivity contribution is 5.38. The van der Waals surface area contributed by atoms with E-state index in [0.717, 1.165) is 0 Å². The van der Waals surface area contributed by atoms with E-state index in [1.165, 1.54) is 4.57 Å². The molecule has 112 valence electrons. The number of aromatic nitrogens is 2. The molecule has 1 fully saturated rings. The van der Waals surface area contributed by atoms with Crippen LogP contribution in [0, 0.1) is 0 Å². The van der Waals surface area contributed by atoms with Crippen LogP contribution in [0.4, 0.5) is 5.82 Å². The summed E-state index contributed by atoms with van der Waals surface area (Å²) < 4.78 is 6.85. The molecular weight excluding hydrogens is 276 g/mol. The summed E-state index contributed by atoms with van der Waals surface area (Å²) in [5.41, 5.74) is 14.3. The van der Waals surface area contributed by atoms with Gasteiger partial charge in [-0.3, -0.25) is 4.57 Å². The molecule has 9 nitrogen and oxygen atoms in total. The molecule has 1 aromatic rings. The molecular formula is C12H16N6O3. The lowest BCUT2D eigenvalue weighted by atomic mass is 10.1. The first-order valence-electron chi connectivity index (χ1n) is 6.39. The van der Waals surface area contributed by atoms with Gasteiger partial charge in [-0.2, -0.15) is 4.98 Å². The van der Waals surface area contributed by atoms with Crippen molar-refractivity contribution in [1.82, 2.24) is 9.55 Å². The van der Waals surface area contributed by atoms with Crippen LogP contribution in [0.2, 0.25) is 0 Å². The summed E-state index contributed by atoms with van der Waals surface area (Å²) >= 11 is 0. The number of nitrogens with two attached hydrogens (primary N) is 1. The number of hydrogen-bond acceptors (Lipinski definition) is 6. The average molecular weight is 292 g/mol. The van der Waals surface area contributed by atoms with E-state index in [4.69, 9.17) is 16.0 Å². The first-order chi connectivity index (χ1) is 10.1. The number of aliphatic hydroxyl groups excluding tert-OH is 1. The molecule has 2 rings (SSSR count). The predicted octanol–water partition coefficient (Wildman–Crippen LogP) is 0.513. The summed E-state index contributed by atoms with van der Waals surface area (Å²) in [5.74, 6) is 0.152. The van der Waals surface area contributed by atoms with Gasteiger partial charge in [-0.1, -0.05) is 11.2 Å². The molecule has 3 N–H and O–H groups in total. The molecule has 0 aliphatic carbocycles. The summed E-state index contributed by atoms with van der Waals surface area (Å²) in [6.07, 6.45) is 2.67. The van der Waals surface area contributed by atoms with Gasteiger partial charge in [-0.25, -0.2) is 4.79 Å². The van der Waals surface area contributed by atoms with Gasteiger partial charge in [-0.15, -0.1) is 6.58 Å². The number of ether oxygens (including phenoxy) is 1. The van der Waals surface area contributed by atoms with Crippen LogP contribution in [0.25, 0.3) is 10.4 Å². The molecule has 0 bridgehead atoms. The molecule has 0 saturated carbocycles. The van der Waals surface area contributed by atoms with Crippen LogP contribution in [-0.4, -0.2) is 33.4 Å². The Morgan fingerprint density at radius 1 is 1.76 bits per heavy atom. The fraction of sp³-hybridized carbons (Fsp3) is 0.500. The topological polar surface area (TPSA) is 139 Å². The van der Waals surface area contributed by atoms with Gasteiger partial charge in [0.25, 0.3) is 0 Å². The zero-order chi connectivity index (χ0) is 15.4. The number of nitrogens with zero attached hydrogens (tertiary/aromatic N) is 5. The van der Waals surface area contributed by atoms with Gasteiger partial charge in [0, 0.05) is 23.1 Å². The van der Waals surface area contributed by atoms with Crippen LogP contribution in [0.3, 0.4) is 0 Å². The van der Waals surface area contributed by atoms with Crippen LogP contribution < -0.4 is 11.4 Å². The summed E-state index contributed by atoms with van der Waals surface area (Å²) in [4.78, 5) is 18.4. The van der Waals surface area contributed by atoms with E-state index in [-0.39, 0.29) is 18.8 Å². The van der Waals surface area contributed by atoms with Gasteiger partial charge in [0.15, 0.2) is 0 Å². The SMILES string of the molecule is C=CCc1cn([C@H]2C[C@@H](N=[N+]=[N-])[C@@H](CO)O2)c(=O)nc1N. The van der Waals surface area contributed by atoms with Crippen LogP contribution in [-0.2, 0) is 11.2 Å². The monoisotopic (exact) mass is 292 g/mol. The predicted molar refractivity (Wildman–Crippen MR) is 75.4 cm³/mol. The molecule has 3 atom stereocenters. The average Bonchev–Trinajstić information content (AvgIpc) is 2.85. The number of hydrogen-bond donors (Lipinski definition) is 2. The van der Waals surface area contributed by atoms with E-state index >= 15 is 0 Å². The minimum atomic E-state index is -0.651. The van der Waals surface area contributed by atoms with Gasteiger partial charge in [0.1, 0.15) is 12.0 Å². The Hall–Kier alpha value is -2.35. The fourth-order valence-electron chi connectivity index (χ4n) is 2.28. The molecule has 0 unspecified atom stereocenters. The Bertz CT molecular complexity index is 636. The number of aliphatic hydroxyl groups is 1. The minimum Gasteiger partial charge on any atom is -0.394 e. The third-order valence-corrected chi connectivity index (χ3v) is 3.32. The van der Waals surface area contributed by atoms with Gasteiger partial charge in [0.05, 0.1) is 18.8 Å². The molecule has 0 aromatic carbocycles. The molecule has 9 heteroatoms. The Labute approximate surface area is 120 Å².